The Kier molecular flexibility index (Phi) is 2.41. The van der Waals surface area contributed by atoms with E-state index in [1.807, 2.05) is 0 Å². The first-order valence-corrected chi connectivity index (χ1v) is 6.96. The molecule has 2 nitrogen and oxygen atoms in total. The number of imidazole rings is 1. The lowest BCUT2D eigenvalue weighted by Gasteiger charge is -2.01. The summed E-state index contributed by atoms with van der Waals surface area (Å²) in [5.41, 5.74) is 3.92. The summed E-state index contributed by atoms with van der Waals surface area (Å²) in [6.45, 7) is 0.955. The Labute approximate surface area is 112 Å². The molecule has 0 spiro atoms. The molecule has 1 heterocycles. The van der Waals surface area contributed by atoms with Crippen LogP contribution >= 0.6 is 0 Å². The van der Waals surface area contributed by atoms with Gasteiger partial charge in [0.1, 0.15) is 6.54 Å². The summed E-state index contributed by atoms with van der Waals surface area (Å²) < 4.78 is 2.45. The molecule has 94 valence electrons. The van der Waals surface area contributed by atoms with E-state index in [2.05, 4.69) is 64.1 Å². The minimum Gasteiger partial charge on any atom is -0.241 e. The van der Waals surface area contributed by atoms with E-state index in [1.165, 1.54) is 35.3 Å². The maximum absolute atomic E-state index is 3.61. The van der Waals surface area contributed by atoms with Gasteiger partial charge in [0, 0.05) is 0 Å². The zero-order chi connectivity index (χ0) is 12.7. The van der Waals surface area contributed by atoms with Crippen molar-refractivity contribution in [3.8, 4) is 0 Å². The van der Waals surface area contributed by atoms with Crippen molar-refractivity contribution in [1.82, 2.24) is 4.98 Å². The summed E-state index contributed by atoms with van der Waals surface area (Å²) in [5.74, 6) is 2.13. The first-order valence-electron chi connectivity index (χ1n) is 6.96. The molecule has 0 unspecified atom stereocenters. The van der Waals surface area contributed by atoms with Crippen LogP contribution in [-0.2, 0) is 6.54 Å². The molecule has 1 aliphatic carbocycles. The fraction of sp³-hybridized carbons (Fsp3) is 0.235. The van der Waals surface area contributed by atoms with Crippen LogP contribution in [0.25, 0.3) is 11.0 Å². The summed E-state index contributed by atoms with van der Waals surface area (Å²) in [7, 11) is 0. The van der Waals surface area contributed by atoms with E-state index < -0.39 is 0 Å². The van der Waals surface area contributed by atoms with E-state index in [9.17, 15) is 0 Å². The fourth-order valence-electron chi connectivity index (χ4n) is 2.77. The van der Waals surface area contributed by atoms with E-state index in [1.54, 1.807) is 0 Å². The number of para-hydroxylation sites is 2. The Morgan fingerprint density at radius 2 is 1.68 bits per heavy atom. The second-order valence-electron chi connectivity index (χ2n) is 5.37. The van der Waals surface area contributed by atoms with Crippen molar-refractivity contribution in [3.63, 3.8) is 0 Å². The van der Waals surface area contributed by atoms with Gasteiger partial charge in [-0.3, -0.25) is 0 Å². The summed E-state index contributed by atoms with van der Waals surface area (Å²) in [6, 6.07) is 19.3. The molecular weight excluding hydrogens is 232 g/mol. The number of fused-ring (bicyclic) bond motifs is 1. The lowest BCUT2D eigenvalue weighted by molar-refractivity contribution is -0.670. The molecule has 0 atom stereocenters. The topological polar surface area (TPSA) is 19.7 Å². The first kappa shape index (κ1) is 10.8. The third kappa shape index (κ3) is 1.93. The molecule has 19 heavy (non-hydrogen) atoms. The van der Waals surface area contributed by atoms with E-state index in [-0.39, 0.29) is 0 Å². The standard InChI is InChI=1S/C17H16N2/c1-2-6-13(7-3-1)12-19-16-9-5-4-8-15(16)18-17(19)14-10-11-14/h1-9,14H,10-12H2/p+1. The van der Waals surface area contributed by atoms with Gasteiger partial charge in [0.05, 0.1) is 5.92 Å². The van der Waals surface area contributed by atoms with Crippen LogP contribution in [0.2, 0.25) is 0 Å². The van der Waals surface area contributed by atoms with Gasteiger partial charge in [-0.25, -0.2) is 9.55 Å². The van der Waals surface area contributed by atoms with Crippen LogP contribution in [0.15, 0.2) is 54.6 Å². The minimum absolute atomic E-state index is 0.733. The van der Waals surface area contributed by atoms with Crippen LogP contribution in [0.4, 0.5) is 0 Å². The van der Waals surface area contributed by atoms with Crippen molar-refractivity contribution in [2.45, 2.75) is 25.3 Å². The first-order chi connectivity index (χ1) is 9.42. The number of aromatic nitrogens is 2. The van der Waals surface area contributed by atoms with Gasteiger partial charge in [-0.15, -0.1) is 0 Å². The molecule has 3 aromatic rings. The molecule has 0 saturated heterocycles. The van der Waals surface area contributed by atoms with Crippen molar-refractivity contribution < 1.29 is 4.57 Å². The molecule has 1 N–H and O–H groups in total. The molecule has 0 aliphatic heterocycles. The zero-order valence-corrected chi connectivity index (χ0v) is 10.8. The van der Waals surface area contributed by atoms with Gasteiger partial charge in [-0.1, -0.05) is 42.5 Å². The summed E-state index contributed by atoms with van der Waals surface area (Å²) in [4.78, 5) is 3.61. The minimum atomic E-state index is 0.733. The maximum Gasteiger partial charge on any atom is 0.258 e. The Bertz CT molecular complexity index is 708. The van der Waals surface area contributed by atoms with Crippen LogP contribution in [-0.4, -0.2) is 4.98 Å². The maximum atomic E-state index is 3.61. The number of nitrogens with zero attached hydrogens (tertiary/aromatic N) is 1. The van der Waals surface area contributed by atoms with Gasteiger partial charge in [0.15, 0.2) is 11.0 Å². The number of aromatic amines is 1. The van der Waals surface area contributed by atoms with Gasteiger partial charge >= 0.3 is 0 Å². The molecule has 0 bridgehead atoms. The number of benzene rings is 2. The second kappa shape index (κ2) is 4.23. The summed E-state index contributed by atoms with van der Waals surface area (Å²) in [5, 5.41) is 0. The van der Waals surface area contributed by atoms with Crippen LogP contribution in [0.5, 0.6) is 0 Å². The van der Waals surface area contributed by atoms with E-state index in [0.29, 0.717) is 0 Å². The SMILES string of the molecule is c1ccc(C[n+]2c(C3CC3)[nH]c3ccccc32)cc1. The van der Waals surface area contributed by atoms with Crippen LogP contribution in [0.3, 0.4) is 0 Å². The molecule has 0 radical (unpaired) electrons. The Morgan fingerprint density at radius 1 is 0.947 bits per heavy atom. The average molecular weight is 249 g/mol. The number of hydrogen-bond donors (Lipinski definition) is 1. The number of nitrogens with one attached hydrogen (secondary N) is 1. The highest BCUT2D eigenvalue weighted by atomic mass is 15.1. The van der Waals surface area contributed by atoms with Crippen molar-refractivity contribution in [2.24, 2.45) is 0 Å². The van der Waals surface area contributed by atoms with Gasteiger partial charge < -0.3 is 0 Å². The fourth-order valence-corrected chi connectivity index (χ4v) is 2.77. The van der Waals surface area contributed by atoms with Crippen molar-refractivity contribution >= 4 is 11.0 Å². The highest BCUT2D eigenvalue weighted by Gasteiger charge is 2.34. The smallest absolute Gasteiger partial charge is 0.241 e. The molecule has 1 aromatic heterocycles. The lowest BCUT2D eigenvalue weighted by atomic mass is 10.2. The quantitative estimate of drug-likeness (QED) is 0.687. The Balaban J connectivity index is 1.84. The third-order valence-electron chi connectivity index (χ3n) is 3.90. The molecular formula is C17H17N2+. The molecule has 1 fully saturated rings. The predicted octanol–water partition coefficient (Wildman–Crippen LogP) is 3.38. The third-order valence-corrected chi connectivity index (χ3v) is 3.90. The molecule has 4 rings (SSSR count). The Morgan fingerprint density at radius 3 is 2.47 bits per heavy atom. The number of hydrogen-bond acceptors (Lipinski definition) is 0. The average Bonchev–Trinajstić information content (AvgIpc) is 3.24. The van der Waals surface area contributed by atoms with Gasteiger partial charge in [0.2, 0.25) is 0 Å². The predicted molar refractivity (Wildman–Crippen MR) is 76.0 cm³/mol. The van der Waals surface area contributed by atoms with Crippen LogP contribution < -0.4 is 4.57 Å². The highest BCUT2D eigenvalue weighted by molar-refractivity contribution is 5.71. The number of H-pyrrole nitrogens is 1. The monoisotopic (exact) mass is 249 g/mol. The van der Waals surface area contributed by atoms with Crippen molar-refractivity contribution in [1.29, 1.82) is 0 Å². The van der Waals surface area contributed by atoms with Crippen molar-refractivity contribution in [3.05, 3.63) is 66.0 Å². The Hall–Kier alpha value is -2.09. The lowest BCUT2D eigenvalue weighted by Crippen LogP contribution is -2.37. The normalized spacial score (nSPS) is 14.9. The van der Waals surface area contributed by atoms with Gasteiger partial charge in [-0.05, 0) is 30.5 Å². The highest BCUT2D eigenvalue weighted by Crippen LogP contribution is 2.38. The van der Waals surface area contributed by atoms with Gasteiger partial charge in [0.25, 0.3) is 5.82 Å². The van der Waals surface area contributed by atoms with E-state index in [0.717, 1.165) is 12.5 Å². The second-order valence-corrected chi connectivity index (χ2v) is 5.37. The molecule has 1 saturated carbocycles. The van der Waals surface area contributed by atoms with Crippen LogP contribution in [0, 0.1) is 0 Å². The molecule has 0 amide bonds. The summed E-state index contributed by atoms with van der Waals surface area (Å²) in [6.07, 6.45) is 2.64. The van der Waals surface area contributed by atoms with Gasteiger partial charge in [-0.2, -0.15) is 0 Å². The zero-order valence-electron chi connectivity index (χ0n) is 10.8. The molecule has 2 aromatic carbocycles. The van der Waals surface area contributed by atoms with E-state index in [4.69, 9.17) is 0 Å². The molecule has 1 aliphatic rings. The number of rotatable bonds is 3. The largest absolute Gasteiger partial charge is 0.258 e. The molecule has 2 heteroatoms. The van der Waals surface area contributed by atoms with E-state index >= 15 is 0 Å². The van der Waals surface area contributed by atoms with Crippen molar-refractivity contribution in [2.75, 3.05) is 0 Å². The van der Waals surface area contributed by atoms with Crippen LogP contribution in [0.1, 0.15) is 30.1 Å². The summed E-state index contributed by atoms with van der Waals surface area (Å²) >= 11 is 0.